The number of nitrogens with one attached hydrogen (secondary N) is 3. The fourth-order valence-electron chi connectivity index (χ4n) is 4.95. The highest BCUT2D eigenvalue weighted by Crippen LogP contribution is 2.32. The second-order valence-corrected chi connectivity index (χ2v) is 9.61. The van der Waals surface area contributed by atoms with E-state index in [9.17, 15) is 4.39 Å². The molecule has 0 atom stereocenters. The summed E-state index contributed by atoms with van der Waals surface area (Å²) in [6, 6.07) is 5.87. The van der Waals surface area contributed by atoms with Gasteiger partial charge in [0, 0.05) is 40.5 Å². The summed E-state index contributed by atoms with van der Waals surface area (Å²) in [4.78, 5) is 12.2. The quantitative estimate of drug-likeness (QED) is 0.511. The number of benzene rings is 1. The van der Waals surface area contributed by atoms with Crippen LogP contribution in [-0.2, 0) is 6.42 Å². The molecule has 7 heteroatoms. The standard InChI is InChI=1S/C23H31FN6/c1-22(2)11-15(12-23(3,4)30-22)28-21-26-10-8-18(29-21)17-13-27-20-16(17)6-5-14(7-9-25)19(20)24/h5-6,8,10,13,15,27,30H,7,9,11-12,25H2,1-4H3,(H,26,28,29). The predicted molar refractivity (Wildman–Crippen MR) is 120 cm³/mol. The van der Waals surface area contributed by atoms with Crippen molar-refractivity contribution in [2.24, 2.45) is 5.73 Å². The Kier molecular flexibility index (Phi) is 5.28. The fraction of sp³-hybridized carbons (Fsp3) is 0.478. The van der Waals surface area contributed by atoms with Crippen LogP contribution in [0.25, 0.3) is 22.2 Å². The first-order valence-electron chi connectivity index (χ1n) is 10.6. The van der Waals surface area contributed by atoms with Crippen molar-refractivity contribution in [3.8, 4) is 11.3 Å². The second kappa shape index (κ2) is 7.63. The van der Waals surface area contributed by atoms with Gasteiger partial charge in [0.25, 0.3) is 0 Å². The molecule has 1 saturated heterocycles. The van der Waals surface area contributed by atoms with E-state index in [2.05, 4.69) is 48.3 Å². The molecule has 0 unspecified atom stereocenters. The molecule has 0 bridgehead atoms. The lowest BCUT2D eigenvalue weighted by molar-refractivity contribution is 0.170. The van der Waals surface area contributed by atoms with Gasteiger partial charge in [-0.1, -0.05) is 12.1 Å². The summed E-state index contributed by atoms with van der Waals surface area (Å²) in [5.41, 5.74) is 8.40. The molecule has 5 N–H and O–H groups in total. The van der Waals surface area contributed by atoms with Gasteiger partial charge in [0.2, 0.25) is 5.95 Å². The van der Waals surface area contributed by atoms with Gasteiger partial charge in [-0.25, -0.2) is 14.4 Å². The topological polar surface area (TPSA) is 91.7 Å². The van der Waals surface area contributed by atoms with Crippen molar-refractivity contribution in [2.45, 2.75) is 64.1 Å². The van der Waals surface area contributed by atoms with E-state index in [1.165, 1.54) is 0 Å². The van der Waals surface area contributed by atoms with E-state index in [0.717, 1.165) is 29.5 Å². The number of fused-ring (bicyclic) bond motifs is 1. The van der Waals surface area contributed by atoms with Crippen LogP contribution in [0.15, 0.2) is 30.6 Å². The van der Waals surface area contributed by atoms with Crippen LogP contribution in [0.1, 0.15) is 46.1 Å². The van der Waals surface area contributed by atoms with Gasteiger partial charge >= 0.3 is 0 Å². The summed E-state index contributed by atoms with van der Waals surface area (Å²) in [7, 11) is 0. The summed E-state index contributed by atoms with van der Waals surface area (Å²) in [6.07, 6.45) is 6.03. The lowest BCUT2D eigenvalue weighted by Crippen LogP contribution is -2.60. The predicted octanol–water partition coefficient (Wildman–Crippen LogP) is 3.99. The van der Waals surface area contributed by atoms with Crippen LogP contribution < -0.4 is 16.4 Å². The van der Waals surface area contributed by atoms with Crippen LogP contribution >= 0.6 is 0 Å². The zero-order valence-corrected chi connectivity index (χ0v) is 18.1. The maximum Gasteiger partial charge on any atom is 0.223 e. The molecule has 0 aliphatic carbocycles. The van der Waals surface area contributed by atoms with Gasteiger partial charge in [0.1, 0.15) is 5.82 Å². The molecular weight excluding hydrogens is 379 g/mol. The zero-order chi connectivity index (χ0) is 21.5. The highest BCUT2D eigenvalue weighted by molar-refractivity contribution is 5.95. The van der Waals surface area contributed by atoms with Crippen molar-refractivity contribution in [3.63, 3.8) is 0 Å². The third-order valence-corrected chi connectivity index (χ3v) is 5.74. The lowest BCUT2D eigenvalue weighted by Gasteiger charge is -2.46. The number of nitrogens with two attached hydrogens (primary N) is 1. The van der Waals surface area contributed by atoms with Gasteiger partial charge in [-0.3, -0.25) is 0 Å². The third-order valence-electron chi connectivity index (χ3n) is 5.74. The largest absolute Gasteiger partial charge is 0.358 e. The smallest absolute Gasteiger partial charge is 0.223 e. The molecule has 160 valence electrons. The van der Waals surface area contributed by atoms with E-state index in [0.29, 0.717) is 30.0 Å². The number of H-pyrrole nitrogens is 1. The van der Waals surface area contributed by atoms with Crippen LogP contribution in [0.2, 0.25) is 0 Å². The number of hydrogen-bond donors (Lipinski definition) is 4. The second-order valence-electron chi connectivity index (χ2n) is 9.61. The molecule has 30 heavy (non-hydrogen) atoms. The van der Waals surface area contributed by atoms with Crippen LogP contribution in [-0.4, -0.2) is 38.6 Å². The maximum atomic E-state index is 14.8. The molecule has 3 heterocycles. The average Bonchev–Trinajstić information content (AvgIpc) is 3.06. The molecule has 2 aromatic heterocycles. The summed E-state index contributed by atoms with van der Waals surface area (Å²) in [5, 5.41) is 8.02. The van der Waals surface area contributed by atoms with E-state index in [-0.39, 0.29) is 22.9 Å². The molecule has 1 aliphatic heterocycles. The maximum absolute atomic E-state index is 14.8. The Bertz CT molecular complexity index is 1040. The van der Waals surface area contributed by atoms with Crippen molar-refractivity contribution in [3.05, 3.63) is 42.0 Å². The number of halogens is 1. The highest BCUT2D eigenvalue weighted by atomic mass is 19.1. The first-order chi connectivity index (χ1) is 14.2. The molecular formula is C23H31FN6. The normalized spacial score (nSPS) is 18.6. The van der Waals surface area contributed by atoms with Gasteiger partial charge in [-0.15, -0.1) is 0 Å². The molecule has 1 aromatic carbocycles. The number of anilines is 1. The van der Waals surface area contributed by atoms with E-state index >= 15 is 0 Å². The fourth-order valence-corrected chi connectivity index (χ4v) is 4.95. The van der Waals surface area contributed by atoms with Crippen LogP contribution in [0, 0.1) is 5.82 Å². The molecule has 1 fully saturated rings. The molecule has 0 spiro atoms. The lowest BCUT2D eigenvalue weighted by atomic mass is 9.80. The third kappa shape index (κ3) is 4.18. The number of rotatable bonds is 5. The Morgan fingerprint density at radius 1 is 1.17 bits per heavy atom. The molecule has 3 aromatic rings. The van der Waals surface area contributed by atoms with Crippen molar-refractivity contribution in [2.75, 3.05) is 11.9 Å². The highest BCUT2D eigenvalue weighted by Gasteiger charge is 2.37. The Balaban J connectivity index is 1.62. The Morgan fingerprint density at radius 2 is 1.90 bits per heavy atom. The number of nitrogens with zero attached hydrogens (tertiary/aromatic N) is 2. The number of aromatic nitrogens is 3. The van der Waals surface area contributed by atoms with E-state index in [1.807, 2.05) is 18.3 Å². The molecule has 0 saturated carbocycles. The summed E-state index contributed by atoms with van der Waals surface area (Å²) >= 11 is 0. The van der Waals surface area contributed by atoms with E-state index in [4.69, 9.17) is 10.7 Å². The summed E-state index contributed by atoms with van der Waals surface area (Å²) < 4.78 is 14.8. The summed E-state index contributed by atoms with van der Waals surface area (Å²) in [6.45, 7) is 9.30. The van der Waals surface area contributed by atoms with Crippen LogP contribution in [0.4, 0.5) is 10.3 Å². The molecule has 4 rings (SSSR count). The number of hydrogen-bond acceptors (Lipinski definition) is 5. The van der Waals surface area contributed by atoms with Gasteiger partial charge in [0.15, 0.2) is 0 Å². The van der Waals surface area contributed by atoms with Crippen molar-refractivity contribution in [1.82, 2.24) is 20.3 Å². The van der Waals surface area contributed by atoms with Gasteiger partial charge in [-0.2, -0.15) is 0 Å². The first kappa shape index (κ1) is 20.8. The molecule has 0 amide bonds. The first-order valence-corrected chi connectivity index (χ1v) is 10.6. The van der Waals surface area contributed by atoms with Gasteiger partial charge in [0.05, 0.1) is 11.2 Å². The van der Waals surface area contributed by atoms with Crippen molar-refractivity contribution < 1.29 is 4.39 Å². The van der Waals surface area contributed by atoms with Gasteiger partial charge < -0.3 is 21.4 Å². The minimum Gasteiger partial charge on any atom is -0.358 e. The van der Waals surface area contributed by atoms with Crippen LogP contribution in [0.3, 0.4) is 0 Å². The minimum absolute atomic E-state index is 0.0344. The van der Waals surface area contributed by atoms with Crippen molar-refractivity contribution >= 4 is 16.9 Å². The zero-order valence-electron chi connectivity index (χ0n) is 18.1. The van der Waals surface area contributed by atoms with Gasteiger partial charge in [-0.05, 0) is 65.1 Å². The van der Waals surface area contributed by atoms with E-state index in [1.54, 1.807) is 12.3 Å². The Labute approximate surface area is 176 Å². The number of piperidine rings is 1. The molecule has 0 radical (unpaired) electrons. The molecule has 6 nitrogen and oxygen atoms in total. The minimum atomic E-state index is -0.240. The van der Waals surface area contributed by atoms with Crippen molar-refractivity contribution in [1.29, 1.82) is 0 Å². The summed E-state index contributed by atoms with van der Waals surface area (Å²) in [5.74, 6) is 0.358. The average molecular weight is 411 g/mol. The monoisotopic (exact) mass is 410 g/mol. The SMILES string of the molecule is CC1(C)CC(Nc2nccc(-c3c[nH]c4c(F)c(CCN)ccc34)n2)CC(C)(C)N1. The Morgan fingerprint density at radius 3 is 2.60 bits per heavy atom. The van der Waals surface area contributed by atoms with E-state index < -0.39 is 0 Å². The number of aromatic amines is 1. The Hall–Kier alpha value is -2.51. The molecule has 1 aliphatic rings. The van der Waals surface area contributed by atoms with Crippen LogP contribution in [0.5, 0.6) is 0 Å².